The molecular weight excluding hydrogens is 239 g/mol. The van der Waals surface area contributed by atoms with Crippen molar-refractivity contribution < 1.29 is 9.18 Å². The van der Waals surface area contributed by atoms with Crippen molar-refractivity contribution >= 4 is 17.2 Å². The number of thiazole rings is 1. The average Bonchev–Trinajstić information content (AvgIpc) is 2.80. The molecular formula is C12H11FN2OS. The summed E-state index contributed by atoms with van der Waals surface area (Å²) >= 11 is 1.37. The Bertz CT molecular complexity index is 522. The second-order valence-corrected chi connectivity index (χ2v) is 4.26. The second-order valence-electron chi connectivity index (χ2n) is 3.40. The lowest BCUT2D eigenvalue weighted by Crippen LogP contribution is -2.22. The van der Waals surface area contributed by atoms with E-state index in [2.05, 4.69) is 10.3 Å². The number of aromatic nitrogens is 1. The van der Waals surface area contributed by atoms with Gasteiger partial charge in [-0.3, -0.25) is 4.79 Å². The predicted molar refractivity (Wildman–Crippen MR) is 65.5 cm³/mol. The quantitative estimate of drug-likeness (QED) is 0.910. The van der Waals surface area contributed by atoms with Gasteiger partial charge in [0.15, 0.2) is 0 Å². The van der Waals surface area contributed by atoms with Crippen LogP contribution in [0.2, 0.25) is 0 Å². The molecule has 0 aliphatic heterocycles. The van der Waals surface area contributed by atoms with E-state index in [9.17, 15) is 9.18 Å². The number of hydrogen-bond donors (Lipinski definition) is 1. The lowest BCUT2D eigenvalue weighted by molar-refractivity contribution is 0.0951. The zero-order valence-electron chi connectivity index (χ0n) is 9.24. The van der Waals surface area contributed by atoms with Crippen LogP contribution < -0.4 is 5.32 Å². The molecule has 0 aliphatic carbocycles. The third kappa shape index (κ3) is 2.68. The van der Waals surface area contributed by atoms with Gasteiger partial charge in [0.25, 0.3) is 5.91 Å². The third-order valence-electron chi connectivity index (χ3n) is 2.17. The Morgan fingerprint density at radius 1 is 1.41 bits per heavy atom. The van der Waals surface area contributed by atoms with Crippen molar-refractivity contribution in [2.45, 2.75) is 6.92 Å². The first-order chi connectivity index (χ1) is 8.20. The molecule has 88 valence electrons. The molecule has 0 bridgehead atoms. The molecule has 1 aromatic carbocycles. The molecule has 0 aliphatic rings. The Balaban J connectivity index is 2.23. The SMILES string of the molecule is CCNC(=O)c1csc(-c2ccc(F)cc2)n1. The zero-order valence-corrected chi connectivity index (χ0v) is 10.1. The molecule has 0 atom stereocenters. The number of hydrogen-bond acceptors (Lipinski definition) is 3. The Morgan fingerprint density at radius 2 is 2.12 bits per heavy atom. The van der Waals surface area contributed by atoms with Crippen molar-refractivity contribution in [1.29, 1.82) is 0 Å². The minimum Gasteiger partial charge on any atom is -0.351 e. The van der Waals surface area contributed by atoms with Crippen LogP contribution in [0.1, 0.15) is 17.4 Å². The maximum Gasteiger partial charge on any atom is 0.270 e. The summed E-state index contributed by atoms with van der Waals surface area (Å²) in [5, 5.41) is 5.09. The Kier molecular flexibility index (Phi) is 3.49. The largest absolute Gasteiger partial charge is 0.351 e. The molecule has 3 nitrogen and oxygen atoms in total. The summed E-state index contributed by atoms with van der Waals surface area (Å²) in [5.41, 5.74) is 1.21. The summed E-state index contributed by atoms with van der Waals surface area (Å²) in [6, 6.07) is 6.05. The van der Waals surface area contributed by atoms with E-state index in [1.807, 2.05) is 6.92 Å². The highest BCUT2D eigenvalue weighted by molar-refractivity contribution is 7.13. The highest BCUT2D eigenvalue weighted by Gasteiger charge is 2.10. The summed E-state index contributed by atoms with van der Waals surface area (Å²) in [6.45, 7) is 2.42. The molecule has 0 saturated carbocycles. The van der Waals surface area contributed by atoms with Crippen molar-refractivity contribution in [1.82, 2.24) is 10.3 Å². The van der Waals surface area contributed by atoms with Gasteiger partial charge < -0.3 is 5.32 Å². The van der Waals surface area contributed by atoms with Gasteiger partial charge in [0.1, 0.15) is 16.5 Å². The van der Waals surface area contributed by atoms with Gasteiger partial charge in [-0.1, -0.05) is 0 Å². The Hall–Kier alpha value is -1.75. The number of rotatable bonds is 3. The van der Waals surface area contributed by atoms with Gasteiger partial charge in [0, 0.05) is 17.5 Å². The molecule has 0 saturated heterocycles. The van der Waals surface area contributed by atoms with Crippen LogP contribution in [0, 0.1) is 5.82 Å². The topological polar surface area (TPSA) is 42.0 Å². The standard InChI is InChI=1S/C12H11FN2OS/c1-2-14-11(16)10-7-17-12(15-10)8-3-5-9(13)6-4-8/h3-7H,2H2,1H3,(H,14,16). The van der Waals surface area contributed by atoms with Crippen molar-refractivity contribution in [3.8, 4) is 10.6 Å². The van der Waals surface area contributed by atoms with E-state index in [1.165, 1.54) is 23.5 Å². The number of benzene rings is 1. The van der Waals surface area contributed by atoms with Crippen molar-refractivity contribution in [2.24, 2.45) is 0 Å². The molecule has 1 N–H and O–H groups in total. The number of nitrogens with one attached hydrogen (secondary N) is 1. The lowest BCUT2D eigenvalue weighted by atomic mass is 10.2. The molecule has 5 heteroatoms. The highest BCUT2D eigenvalue weighted by Crippen LogP contribution is 2.23. The smallest absolute Gasteiger partial charge is 0.270 e. The molecule has 0 spiro atoms. The number of nitrogens with zero attached hydrogens (tertiary/aromatic N) is 1. The van der Waals surface area contributed by atoms with Gasteiger partial charge in [-0.25, -0.2) is 9.37 Å². The lowest BCUT2D eigenvalue weighted by Gasteiger charge is -1.97. The fourth-order valence-corrected chi connectivity index (χ4v) is 2.16. The summed E-state index contributed by atoms with van der Waals surface area (Å²) in [4.78, 5) is 15.7. The second kappa shape index (κ2) is 5.05. The van der Waals surface area contributed by atoms with Gasteiger partial charge in [-0.2, -0.15) is 0 Å². The predicted octanol–water partition coefficient (Wildman–Crippen LogP) is 2.70. The van der Waals surface area contributed by atoms with Gasteiger partial charge in [0.2, 0.25) is 0 Å². The van der Waals surface area contributed by atoms with E-state index in [0.29, 0.717) is 17.2 Å². The minimum absolute atomic E-state index is 0.183. The number of amides is 1. The van der Waals surface area contributed by atoms with Crippen LogP contribution in [0.4, 0.5) is 4.39 Å². The monoisotopic (exact) mass is 250 g/mol. The minimum atomic E-state index is -0.283. The third-order valence-corrected chi connectivity index (χ3v) is 3.06. The van der Waals surface area contributed by atoms with Gasteiger partial charge in [0.05, 0.1) is 0 Å². The molecule has 1 heterocycles. The molecule has 1 aromatic heterocycles. The fraction of sp³-hybridized carbons (Fsp3) is 0.167. The van der Waals surface area contributed by atoms with Crippen LogP contribution in [0.25, 0.3) is 10.6 Å². The maximum absolute atomic E-state index is 12.8. The summed E-state index contributed by atoms with van der Waals surface area (Å²) in [6.07, 6.45) is 0. The van der Waals surface area contributed by atoms with Crippen LogP contribution in [0.3, 0.4) is 0 Å². The van der Waals surface area contributed by atoms with E-state index >= 15 is 0 Å². The maximum atomic E-state index is 12.8. The van der Waals surface area contributed by atoms with E-state index in [0.717, 1.165) is 5.56 Å². The Morgan fingerprint density at radius 3 is 2.76 bits per heavy atom. The number of carbonyl (C=O) groups excluding carboxylic acids is 1. The Labute approximate surface area is 102 Å². The van der Waals surface area contributed by atoms with Crippen LogP contribution in [0.15, 0.2) is 29.6 Å². The fourth-order valence-electron chi connectivity index (χ4n) is 1.35. The van der Waals surface area contributed by atoms with E-state index in [4.69, 9.17) is 0 Å². The van der Waals surface area contributed by atoms with Crippen LogP contribution in [0.5, 0.6) is 0 Å². The number of halogens is 1. The molecule has 2 rings (SSSR count). The van der Waals surface area contributed by atoms with Crippen LogP contribution >= 0.6 is 11.3 Å². The molecule has 0 fully saturated rings. The molecule has 0 unspecified atom stereocenters. The van der Waals surface area contributed by atoms with Crippen LogP contribution in [-0.4, -0.2) is 17.4 Å². The highest BCUT2D eigenvalue weighted by atomic mass is 32.1. The van der Waals surface area contributed by atoms with Crippen LogP contribution in [-0.2, 0) is 0 Å². The molecule has 17 heavy (non-hydrogen) atoms. The van der Waals surface area contributed by atoms with Gasteiger partial charge >= 0.3 is 0 Å². The summed E-state index contributed by atoms with van der Waals surface area (Å²) < 4.78 is 12.8. The van der Waals surface area contributed by atoms with E-state index in [1.54, 1.807) is 17.5 Å². The molecule has 2 aromatic rings. The van der Waals surface area contributed by atoms with Gasteiger partial charge in [-0.15, -0.1) is 11.3 Å². The van der Waals surface area contributed by atoms with Crippen molar-refractivity contribution in [2.75, 3.05) is 6.54 Å². The molecule has 1 amide bonds. The first kappa shape index (κ1) is 11.7. The summed E-state index contributed by atoms with van der Waals surface area (Å²) in [7, 11) is 0. The molecule has 0 radical (unpaired) electrons. The number of carbonyl (C=O) groups is 1. The first-order valence-corrected chi connectivity index (χ1v) is 6.08. The zero-order chi connectivity index (χ0) is 12.3. The van der Waals surface area contributed by atoms with E-state index < -0.39 is 0 Å². The average molecular weight is 250 g/mol. The normalized spacial score (nSPS) is 10.2. The first-order valence-electron chi connectivity index (χ1n) is 5.20. The van der Waals surface area contributed by atoms with Crippen molar-refractivity contribution in [3.63, 3.8) is 0 Å². The van der Waals surface area contributed by atoms with Crippen molar-refractivity contribution in [3.05, 3.63) is 41.2 Å². The van der Waals surface area contributed by atoms with E-state index in [-0.39, 0.29) is 11.7 Å². The van der Waals surface area contributed by atoms with Gasteiger partial charge in [-0.05, 0) is 31.2 Å². The summed E-state index contributed by atoms with van der Waals surface area (Å²) in [5.74, 6) is -0.466.